The van der Waals surface area contributed by atoms with Crippen LogP contribution in [-0.2, 0) is 22.7 Å². The number of hydrogen-bond acceptors (Lipinski definition) is 15. The minimum atomic E-state index is -1.79. The van der Waals surface area contributed by atoms with Crippen LogP contribution in [0.15, 0.2) is 145 Å². The average molecular weight is 1020 g/mol. The lowest BCUT2D eigenvalue weighted by atomic mass is 9.55. The molecule has 1 fully saturated rings. The molecule has 6 unspecified atom stereocenters. The Labute approximate surface area is 424 Å². The molecule has 0 bridgehead atoms. The molecule has 8 rings (SSSR count). The molecule has 6 atom stereocenters. The standard InChI is InChI=1S/C54H54FN5O14/c1-2-28-70-54-50(57(33-35-12-16-38(55)17-13-35)53(63)73-42-22-20-40(21-23-42)59(66)67)32-48(56-71-34-36-14-18-39(19-15-36)58(64)65)46-29-37(8-3-5-26-61)45(11-4-6-27-62)51(52(46)54)47-31-44(24-25-49(47)74-54)72-43-10-7-9-41(30-43)60(68)69/h2,7,9-10,12-25,29-31,37,45,50-52,61-62H,1,3-6,8,11,26-28,32-34H2. The Bertz CT molecular complexity index is 2900. The number of oxime groups is 1. The molecule has 74 heavy (non-hydrogen) atoms. The van der Waals surface area contributed by atoms with Gasteiger partial charge in [-0.15, -0.1) is 6.58 Å². The van der Waals surface area contributed by atoms with E-state index >= 15 is 4.79 Å². The molecular formula is C54H54FN5O14. The van der Waals surface area contributed by atoms with E-state index in [0.717, 1.165) is 0 Å². The number of nitro benzene ring substituents is 3. The van der Waals surface area contributed by atoms with E-state index in [4.69, 9.17) is 28.9 Å². The number of allylic oxidation sites excluding steroid dienone is 1. The lowest BCUT2D eigenvalue weighted by Crippen LogP contribution is -2.70. The molecule has 0 spiro atoms. The molecule has 5 aromatic carbocycles. The highest BCUT2D eigenvalue weighted by Gasteiger charge is 2.66. The summed E-state index contributed by atoms with van der Waals surface area (Å²) in [6.45, 7) is 3.51. The van der Waals surface area contributed by atoms with E-state index in [1.54, 1.807) is 36.4 Å². The Morgan fingerprint density at radius 3 is 2.09 bits per heavy atom. The number of carbonyl (C=O) groups excluding carboxylic acids is 1. The maximum Gasteiger partial charge on any atom is 0.416 e. The zero-order valence-corrected chi connectivity index (χ0v) is 40.1. The first-order chi connectivity index (χ1) is 35.8. The van der Waals surface area contributed by atoms with Gasteiger partial charge in [-0.2, -0.15) is 0 Å². The molecule has 0 aromatic heterocycles. The average Bonchev–Trinajstić information content (AvgIpc) is 3.44. The Hall–Kier alpha value is -8.07. The molecular weight excluding hydrogens is 962 g/mol. The summed E-state index contributed by atoms with van der Waals surface area (Å²) < 4.78 is 41.2. The number of amides is 1. The van der Waals surface area contributed by atoms with Crippen molar-refractivity contribution in [1.29, 1.82) is 0 Å². The third-order valence-corrected chi connectivity index (χ3v) is 13.6. The van der Waals surface area contributed by atoms with Gasteiger partial charge in [-0.05, 0) is 115 Å². The summed E-state index contributed by atoms with van der Waals surface area (Å²) in [4.78, 5) is 55.8. The lowest BCUT2D eigenvalue weighted by molar-refractivity contribution is -0.385. The van der Waals surface area contributed by atoms with Gasteiger partial charge in [0.2, 0.25) is 5.79 Å². The van der Waals surface area contributed by atoms with Crippen LogP contribution in [0.4, 0.5) is 26.2 Å². The van der Waals surface area contributed by atoms with E-state index in [2.05, 4.69) is 12.7 Å². The number of hydrogen-bond donors (Lipinski definition) is 2. The molecule has 1 heterocycles. The van der Waals surface area contributed by atoms with Crippen LogP contribution in [0.25, 0.3) is 0 Å². The van der Waals surface area contributed by atoms with Crippen LogP contribution in [-0.4, -0.2) is 73.3 Å². The molecule has 1 amide bonds. The third kappa shape index (κ3) is 11.7. The van der Waals surface area contributed by atoms with Gasteiger partial charge in [-0.3, -0.25) is 35.2 Å². The molecule has 20 heteroatoms. The van der Waals surface area contributed by atoms with E-state index < -0.39 is 50.3 Å². The Kier molecular flexibility index (Phi) is 16.7. The molecule has 386 valence electrons. The number of carbonyl (C=O) groups is 1. The van der Waals surface area contributed by atoms with E-state index in [1.807, 2.05) is 6.07 Å². The van der Waals surface area contributed by atoms with Gasteiger partial charge in [-0.1, -0.05) is 48.3 Å². The number of rotatable bonds is 23. The summed E-state index contributed by atoms with van der Waals surface area (Å²) in [5, 5.41) is 59.6. The minimum Gasteiger partial charge on any atom is -0.459 e. The second-order valence-electron chi connectivity index (χ2n) is 18.2. The number of halogens is 1. The van der Waals surface area contributed by atoms with Crippen molar-refractivity contribution < 1.29 is 58.0 Å². The fourth-order valence-electron chi connectivity index (χ4n) is 10.3. The number of non-ortho nitro benzene ring substituents is 3. The largest absolute Gasteiger partial charge is 0.459 e. The van der Waals surface area contributed by atoms with Gasteiger partial charge in [-0.25, -0.2) is 9.18 Å². The number of nitro groups is 3. The highest BCUT2D eigenvalue weighted by molar-refractivity contribution is 6.03. The molecule has 2 aliphatic carbocycles. The molecule has 1 saturated carbocycles. The van der Waals surface area contributed by atoms with Crippen LogP contribution in [0.1, 0.15) is 67.6 Å². The first-order valence-electron chi connectivity index (χ1n) is 24.2. The van der Waals surface area contributed by atoms with Crippen LogP contribution in [0, 0.1) is 53.9 Å². The fraction of sp³-hybridized carbons (Fsp3) is 0.333. The maximum atomic E-state index is 15.1. The first-order valence-corrected chi connectivity index (χ1v) is 24.2. The molecule has 0 radical (unpaired) electrons. The predicted molar refractivity (Wildman–Crippen MR) is 267 cm³/mol. The Morgan fingerprint density at radius 2 is 1.43 bits per heavy atom. The second-order valence-corrected chi connectivity index (χ2v) is 18.2. The Balaban J connectivity index is 1.34. The normalized spacial score (nSPS) is 21.0. The topological polar surface area (TPSA) is 249 Å². The first kappa shape index (κ1) is 52.3. The van der Waals surface area contributed by atoms with Crippen LogP contribution in [0.2, 0.25) is 0 Å². The van der Waals surface area contributed by atoms with Gasteiger partial charge in [0.05, 0.1) is 39.1 Å². The smallest absolute Gasteiger partial charge is 0.416 e. The van der Waals surface area contributed by atoms with Gasteiger partial charge in [0.15, 0.2) is 0 Å². The fourth-order valence-corrected chi connectivity index (χ4v) is 10.3. The molecule has 2 N–H and O–H groups in total. The zero-order chi connectivity index (χ0) is 52.4. The van der Waals surface area contributed by atoms with Crippen LogP contribution < -0.4 is 14.2 Å². The van der Waals surface area contributed by atoms with E-state index in [9.17, 15) is 44.9 Å². The number of unbranched alkanes of at least 4 members (excludes halogenated alkanes) is 2. The second kappa shape index (κ2) is 23.6. The number of benzene rings is 5. The quantitative estimate of drug-likeness (QED) is 0.0267. The third-order valence-electron chi connectivity index (χ3n) is 13.6. The van der Waals surface area contributed by atoms with Gasteiger partial charge in [0.1, 0.15) is 41.5 Å². The van der Waals surface area contributed by atoms with Gasteiger partial charge < -0.3 is 34.0 Å². The van der Waals surface area contributed by atoms with Crippen molar-refractivity contribution in [3.05, 3.63) is 192 Å². The van der Waals surface area contributed by atoms with Crippen molar-refractivity contribution in [2.45, 2.75) is 75.8 Å². The SMILES string of the molecule is C=CCOC12Oc3ccc(Oc4cccc([N+](=O)[O-])c4)cc3C3C(CCCCO)C(CCCCO)C=C(C(=NOCc4ccc([N+](=O)[O-])cc4)CC1N(Cc1ccc(F)cc1)C(=O)Oc1ccc([N+](=O)[O-])cc1)C32. The van der Waals surface area contributed by atoms with E-state index in [1.165, 1.54) is 83.8 Å². The highest BCUT2D eigenvalue weighted by Crippen LogP contribution is 2.62. The lowest BCUT2D eigenvalue weighted by Gasteiger charge is -2.59. The van der Waals surface area contributed by atoms with E-state index in [-0.39, 0.29) is 79.8 Å². The molecule has 5 aromatic rings. The summed E-state index contributed by atoms with van der Waals surface area (Å²) in [7, 11) is 0. The number of aliphatic hydroxyl groups is 2. The van der Waals surface area contributed by atoms with E-state index in [0.29, 0.717) is 78.0 Å². The number of nitrogens with zero attached hydrogens (tertiary/aromatic N) is 5. The van der Waals surface area contributed by atoms with Gasteiger partial charge in [0.25, 0.3) is 17.1 Å². The number of ether oxygens (including phenoxy) is 4. The van der Waals surface area contributed by atoms with Crippen molar-refractivity contribution in [3.8, 4) is 23.0 Å². The number of aliphatic hydroxyl groups excluding tert-OH is 2. The van der Waals surface area contributed by atoms with Crippen LogP contribution in [0.3, 0.4) is 0 Å². The summed E-state index contributed by atoms with van der Waals surface area (Å²) >= 11 is 0. The summed E-state index contributed by atoms with van der Waals surface area (Å²) in [6.07, 6.45) is 6.20. The van der Waals surface area contributed by atoms with Crippen molar-refractivity contribution in [2.24, 2.45) is 22.9 Å². The zero-order valence-electron chi connectivity index (χ0n) is 40.1. The molecule has 19 nitrogen and oxygen atoms in total. The molecule has 0 saturated heterocycles. The van der Waals surface area contributed by atoms with Gasteiger partial charge in [0, 0.05) is 68.0 Å². The van der Waals surface area contributed by atoms with Crippen LogP contribution >= 0.6 is 0 Å². The minimum absolute atomic E-state index is 0.0149. The maximum absolute atomic E-state index is 15.1. The van der Waals surface area contributed by atoms with Crippen molar-refractivity contribution in [3.63, 3.8) is 0 Å². The van der Waals surface area contributed by atoms with Crippen LogP contribution in [0.5, 0.6) is 23.0 Å². The van der Waals surface area contributed by atoms with Crippen molar-refractivity contribution in [2.75, 3.05) is 19.8 Å². The monoisotopic (exact) mass is 1020 g/mol. The number of fused-ring (bicyclic) bond motifs is 2. The molecule has 3 aliphatic rings. The summed E-state index contributed by atoms with van der Waals surface area (Å²) in [6, 6.07) is 26.2. The van der Waals surface area contributed by atoms with Crippen molar-refractivity contribution in [1.82, 2.24) is 4.90 Å². The van der Waals surface area contributed by atoms with Gasteiger partial charge >= 0.3 is 6.09 Å². The summed E-state index contributed by atoms with van der Waals surface area (Å²) in [5.41, 5.74) is 2.32. The predicted octanol–water partition coefficient (Wildman–Crippen LogP) is 10.9. The summed E-state index contributed by atoms with van der Waals surface area (Å²) in [5.74, 6) is -3.13. The van der Waals surface area contributed by atoms with Crippen molar-refractivity contribution >= 4 is 28.9 Å². The Morgan fingerprint density at radius 1 is 0.797 bits per heavy atom. The highest BCUT2D eigenvalue weighted by atomic mass is 19.1. The molecule has 1 aliphatic heterocycles.